The van der Waals surface area contributed by atoms with Crippen molar-refractivity contribution in [3.05, 3.63) is 63.2 Å². The van der Waals surface area contributed by atoms with E-state index in [0.717, 1.165) is 18.4 Å². The van der Waals surface area contributed by atoms with Crippen LogP contribution in [0.15, 0.2) is 41.2 Å². The number of unbranched alkanes of at least 4 members (excludes halogenated alkanes) is 1. The normalized spacial score (nSPS) is 11.3. The van der Waals surface area contributed by atoms with Crippen molar-refractivity contribution in [2.75, 3.05) is 13.7 Å². The summed E-state index contributed by atoms with van der Waals surface area (Å²) < 4.78 is 11.1. The van der Waals surface area contributed by atoms with Crippen LogP contribution in [0.1, 0.15) is 31.2 Å². The number of H-pyrrole nitrogens is 1. The molecule has 0 radical (unpaired) electrons. The van der Waals surface area contributed by atoms with Crippen molar-refractivity contribution in [3.63, 3.8) is 0 Å². The molecule has 3 aromatic rings. The molecular weight excluding hydrogens is 390 g/mol. The Morgan fingerprint density at radius 2 is 2.10 bits per heavy atom. The number of aromatic nitrogens is 2. The number of hydrogen-bond acceptors (Lipinski definition) is 5. The topological polar surface area (TPSA) is 88.0 Å². The second kappa shape index (κ2) is 9.26. The Kier molecular flexibility index (Phi) is 6.53. The highest BCUT2D eigenvalue weighted by Gasteiger charge is 2.10. The third kappa shape index (κ3) is 4.76. The number of nitrogens with zero attached hydrogens (tertiary/aromatic N) is 2. The zero-order valence-corrected chi connectivity index (χ0v) is 16.9. The minimum Gasteiger partial charge on any atom is -0.493 e. The summed E-state index contributed by atoms with van der Waals surface area (Å²) in [4.78, 5) is 19.4. The van der Waals surface area contributed by atoms with Crippen molar-refractivity contribution < 1.29 is 9.47 Å². The summed E-state index contributed by atoms with van der Waals surface area (Å²) in [5.74, 6) is 1.39. The van der Waals surface area contributed by atoms with Gasteiger partial charge >= 0.3 is 0 Å². The molecule has 0 atom stereocenters. The largest absolute Gasteiger partial charge is 0.493 e. The highest BCUT2D eigenvalue weighted by atomic mass is 35.5. The highest BCUT2D eigenvalue weighted by Crippen LogP contribution is 2.30. The van der Waals surface area contributed by atoms with Gasteiger partial charge in [-0.05, 0) is 48.4 Å². The van der Waals surface area contributed by atoms with E-state index in [-0.39, 0.29) is 17.0 Å². The van der Waals surface area contributed by atoms with E-state index >= 15 is 0 Å². The zero-order valence-electron chi connectivity index (χ0n) is 16.2. The van der Waals surface area contributed by atoms with Gasteiger partial charge in [0.25, 0.3) is 5.56 Å². The number of hydrogen-bond donors (Lipinski definition) is 1. The first-order valence-corrected chi connectivity index (χ1v) is 9.56. The van der Waals surface area contributed by atoms with Gasteiger partial charge < -0.3 is 14.5 Å². The second-order valence-electron chi connectivity index (χ2n) is 6.36. The monoisotopic (exact) mass is 409 g/mol. The van der Waals surface area contributed by atoms with Gasteiger partial charge in [0.05, 0.1) is 30.2 Å². The Morgan fingerprint density at radius 1 is 1.28 bits per heavy atom. The zero-order chi connectivity index (χ0) is 20.8. The fourth-order valence-electron chi connectivity index (χ4n) is 2.78. The van der Waals surface area contributed by atoms with Crippen LogP contribution >= 0.6 is 11.6 Å². The molecule has 0 amide bonds. The molecule has 1 heterocycles. The summed E-state index contributed by atoms with van der Waals surface area (Å²) in [5.41, 5.74) is 1.02. The van der Waals surface area contributed by atoms with Crippen LogP contribution in [0, 0.1) is 11.3 Å². The maximum atomic E-state index is 12.3. The van der Waals surface area contributed by atoms with Gasteiger partial charge in [0.15, 0.2) is 17.3 Å². The second-order valence-corrected chi connectivity index (χ2v) is 6.79. The molecule has 0 aliphatic carbocycles. The van der Waals surface area contributed by atoms with Crippen LogP contribution in [0.3, 0.4) is 0 Å². The third-order valence-electron chi connectivity index (χ3n) is 4.30. The van der Waals surface area contributed by atoms with Gasteiger partial charge in [0, 0.05) is 5.02 Å². The number of methoxy groups -OCH3 is 1. The van der Waals surface area contributed by atoms with Gasteiger partial charge in [-0.25, -0.2) is 4.98 Å². The summed E-state index contributed by atoms with van der Waals surface area (Å²) in [6, 6.07) is 12.3. The lowest BCUT2D eigenvalue weighted by atomic mass is 10.1. The number of benzene rings is 2. The number of fused-ring (bicyclic) bond motifs is 1. The maximum absolute atomic E-state index is 12.3. The Bertz CT molecular complexity index is 1160. The molecule has 0 aliphatic rings. The van der Waals surface area contributed by atoms with Crippen LogP contribution in [0.2, 0.25) is 5.02 Å². The molecule has 1 aromatic heterocycles. The van der Waals surface area contributed by atoms with Crippen LogP contribution in [0.4, 0.5) is 0 Å². The number of allylic oxidation sites excluding steroid dienone is 1. The van der Waals surface area contributed by atoms with Crippen molar-refractivity contribution in [3.8, 4) is 17.6 Å². The Balaban J connectivity index is 1.99. The first kappa shape index (κ1) is 20.4. The predicted octanol–water partition coefficient (Wildman–Crippen LogP) is 4.83. The molecule has 2 aromatic carbocycles. The Morgan fingerprint density at radius 3 is 2.83 bits per heavy atom. The molecule has 0 bridgehead atoms. The smallest absolute Gasteiger partial charge is 0.259 e. The van der Waals surface area contributed by atoms with E-state index in [1.165, 1.54) is 0 Å². The lowest BCUT2D eigenvalue weighted by Gasteiger charge is -2.11. The van der Waals surface area contributed by atoms with Gasteiger partial charge in [-0.3, -0.25) is 4.79 Å². The Hall–Kier alpha value is -3.30. The summed E-state index contributed by atoms with van der Waals surface area (Å²) >= 11 is 6.00. The lowest BCUT2D eigenvalue weighted by molar-refractivity contribution is 0.288. The molecule has 0 saturated heterocycles. The van der Waals surface area contributed by atoms with Crippen molar-refractivity contribution in [2.24, 2.45) is 0 Å². The van der Waals surface area contributed by atoms with Crippen LogP contribution in [0.25, 0.3) is 22.6 Å². The summed E-state index contributed by atoms with van der Waals surface area (Å²) in [7, 11) is 1.56. The fourth-order valence-corrected chi connectivity index (χ4v) is 2.95. The van der Waals surface area contributed by atoms with E-state index in [4.69, 9.17) is 21.1 Å². The van der Waals surface area contributed by atoms with Crippen molar-refractivity contribution >= 4 is 34.2 Å². The third-order valence-corrected chi connectivity index (χ3v) is 4.53. The predicted molar refractivity (Wildman–Crippen MR) is 114 cm³/mol. The molecule has 0 unspecified atom stereocenters. The molecule has 7 heteroatoms. The highest BCUT2D eigenvalue weighted by molar-refractivity contribution is 6.31. The minimum absolute atomic E-state index is 0.175. The fraction of sp³-hybridized carbons (Fsp3) is 0.227. The van der Waals surface area contributed by atoms with Gasteiger partial charge in [-0.15, -0.1) is 0 Å². The van der Waals surface area contributed by atoms with Crippen LogP contribution in [-0.2, 0) is 0 Å². The van der Waals surface area contributed by atoms with E-state index in [1.54, 1.807) is 43.5 Å². The van der Waals surface area contributed by atoms with E-state index in [0.29, 0.717) is 34.0 Å². The molecule has 0 spiro atoms. The standard InChI is InChI=1S/C22H20ClN3O3/c1-3-4-9-29-19-8-5-14(11-20(19)28-2)10-15(13-24)21-25-18-12-16(23)6-7-17(18)22(27)26-21/h5-8,10-12H,3-4,9H2,1-2H3,(H,25,26,27)/b15-10+. The number of halogens is 1. The van der Waals surface area contributed by atoms with Crippen LogP contribution in [-0.4, -0.2) is 23.7 Å². The average Bonchev–Trinajstić information content (AvgIpc) is 2.72. The SMILES string of the molecule is CCCCOc1ccc(/C=C(\C#N)c2nc3cc(Cl)ccc3c(=O)[nH]2)cc1OC. The number of aromatic amines is 1. The van der Waals surface area contributed by atoms with Crippen molar-refractivity contribution in [1.82, 2.24) is 9.97 Å². The first-order valence-electron chi connectivity index (χ1n) is 9.18. The summed E-state index contributed by atoms with van der Waals surface area (Å²) in [6.07, 6.45) is 3.62. The van der Waals surface area contributed by atoms with Crippen LogP contribution < -0.4 is 15.0 Å². The molecule has 0 aliphatic heterocycles. The van der Waals surface area contributed by atoms with Gasteiger partial charge in [-0.2, -0.15) is 5.26 Å². The molecule has 6 nitrogen and oxygen atoms in total. The number of rotatable bonds is 7. The van der Waals surface area contributed by atoms with Gasteiger partial charge in [0.1, 0.15) is 6.07 Å². The van der Waals surface area contributed by atoms with E-state index < -0.39 is 0 Å². The Labute approximate surface area is 173 Å². The van der Waals surface area contributed by atoms with Gasteiger partial charge in [-0.1, -0.05) is 31.0 Å². The molecular formula is C22H20ClN3O3. The lowest BCUT2D eigenvalue weighted by Crippen LogP contribution is -2.11. The molecule has 0 saturated carbocycles. The molecule has 0 fully saturated rings. The van der Waals surface area contributed by atoms with Crippen molar-refractivity contribution in [2.45, 2.75) is 19.8 Å². The van der Waals surface area contributed by atoms with E-state index in [2.05, 4.69) is 23.0 Å². The first-order chi connectivity index (χ1) is 14.0. The minimum atomic E-state index is -0.333. The molecule has 29 heavy (non-hydrogen) atoms. The summed E-state index contributed by atoms with van der Waals surface area (Å²) in [6.45, 7) is 2.70. The maximum Gasteiger partial charge on any atom is 0.259 e. The van der Waals surface area contributed by atoms with Crippen LogP contribution in [0.5, 0.6) is 11.5 Å². The average molecular weight is 410 g/mol. The number of nitrogens with one attached hydrogen (secondary N) is 1. The molecule has 148 valence electrons. The summed E-state index contributed by atoms with van der Waals surface area (Å²) in [5, 5.41) is 10.5. The number of ether oxygens (including phenoxy) is 2. The van der Waals surface area contributed by atoms with E-state index in [9.17, 15) is 10.1 Å². The van der Waals surface area contributed by atoms with Gasteiger partial charge in [0.2, 0.25) is 0 Å². The molecule has 3 rings (SSSR count). The number of nitriles is 1. The quantitative estimate of drug-likeness (QED) is 0.446. The molecule has 1 N–H and O–H groups in total. The van der Waals surface area contributed by atoms with Crippen molar-refractivity contribution in [1.29, 1.82) is 5.26 Å². The van der Waals surface area contributed by atoms with E-state index in [1.807, 2.05) is 6.07 Å².